The predicted octanol–water partition coefficient (Wildman–Crippen LogP) is 11.3. The Hall–Kier alpha value is -5.14. The SMILES string of the molecule is C(=C(c1ccccc1)c1ccccc1)c1ccc(-c2ccc(N(c3ccccc3)c3ccc4c(c3)CCCC4)cc2)cc1. The minimum absolute atomic E-state index is 1.17. The van der Waals surface area contributed by atoms with Gasteiger partial charge in [-0.3, -0.25) is 0 Å². The second-order valence-corrected chi connectivity index (χ2v) is 11.3. The molecule has 6 aromatic rings. The first-order valence-electron chi connectivity index (χ1n) is 15.3. The summed E-state index contributed by atoms with van der Waals surface area (Å²) in [7, 11) is 0. The molecule has 0 fully saturated rings. The summed E-state index contributed by atoms with van der Waals surface area (Å²) in [5.74, 6) is 0. The lowest BCUT2D eigenvalue weighted by atomic mass is 9.91. The van der Waals surface area contributed by atoms with Crippen LogP contribution >= 0.6 is 0 Å². The highest BCUT2D eigenvalue weighted by molar-refractivity contribution is 5.91. The molecular formula is C42H35N. The molecular weight excluding hydrogens is 518 g/mol. The van der Waals surface area contributed by atoms with Gasteiger partial charge in [0.25, 0.3) is 0 Å². The van der Waals surface area contributed by atoms with Crippen LogP contribution in [0.2, 0.25) is 0 Å². The number of para-hydroxylation sites is 1. The normalized spacial score (nSPS) is 12.3. The molecule has 208 valence electrons. The van der Waals surface area contributed by atoms with Crippen LogP contribution < -0.4 is 4.90 Å². The Morgan fingerprint density at radius 1 is 0.442 bits per heavy atom. The molecule has 1 aliphatic carbocycles. The van der Waals surface area contributed by atoms with Crippen LogP contribution in [-0.2, 0) is 12.8 Å². The van der Waals surface area contributed by atoms with Crippen LogP contribution in [0.15, 0.2) is 158 Å². The van der Waals surface area contributed by atoms with Gasteiger partial charge < -0.3 is 4.90 Å². The van der Waals surface area contributed by atoms with Crippen molar-refractivity contribution in [2.24, 2.45) is 0 Å². The number of anilines is 3. The van der Waals surface area contributed by atoms with E-state index in [0.29, 0.717) is 0 Å². The highest BCUT2D eigenvalue weighted by atomic mass is 15.1. The third-order valence-electron chi connectivity index (χ3n) is 8.45. The number of nitrogens with zero attached hydrogens (tertiary/aromatic N) is 1. The van der Waals surface area contributed by atoms with E-state index in [0.717, 1.165) is 0 Å². The number of benzene rings is 6. The predicted molar refractivity (Wildman–Crippen MR) is 183 cm³/mol. The Kier molecular flexibility index (Phi) is 7.70. The van der Waals surface area contributed by atoms with Crippen molar-refractivity contribution in [1.29, 1.82) is 0 Å². The van der Waals surface area contributed by atoms with Crippen molar-refractivity contribution in [1.82, 2.24) is 0 Å². The Morgan fingerprint density at radius 2 is 0.930 bits per heavy atom. The van der Waals surface area contributed by atoms with Crippen LogP contribution in [0.4, 0.5) is 17.1 Å². The summed E-state index contributed by atoms with van der Waals surface area (Å²) in [6.07, 6.45) is 7.24. The molecule has 0 atom stereocenters. The molecule has 0 heterocycles. The first-order chi connectivity index (χ1) is 21.3. The van der Waals surface area contributed by atoms with Crippen LogP contribution in [0.5, 0.6) is 0 Å². The third-order valence-corrected chi connectivity index (χ3v) is 8.45. The molecule has 43 heavy (non-hydrogen) atoms. The Labute approximate surface area is 255 Å². The molecule has 0 spiro atoms. The van der Waals surface area contributed by atoms with Crippen molar-refractivity contribution >= 4 is 28.7 Å². The van der Waals surface area contributed by atoms with E-state index in [1.54, 1.807) is 0 Å². The highest BCUT2D eigenvalue weighted by Crippen LogP contribution is 2.37. The lowest BCUT2D eigenvalue weighted by Gasteiger charge is -2.27. The number of hydrogen-bond acceptors (Lipinski definition) is 1. The Bertz CT molecular complexity index is 1780. The molecule has 0 N–H and O–H groups in total. The minimum atomic E-state index is 1.17. The molecule has 1 heteroatoms. The molecule has 6 aromatic carbocycles. The van der Waals surface area contributed by atoms with E-state index in [-0.39, 0.29) is 0 Å². The maximum absolute atomic E-state index is 2.40. The molecule has 0 amide bonds. The fraction of sp³-hybridized carbons (Fsp3) is 0.0952. The van der Waals surface area contributed by atoms with Crippen LogP contribution in [-0.4, -0.2) is 0 Å². The topological polar surface area (TPSA) is 3.24 Å². The van der Waals surface area contributed by atoms with E-state index < -0.39 is 0 Å². The van der Waals surface area contributed by atoms with E-state index in [1.807, 2.05) is 0 Å². The number of rotatable bonds is 7. The quantitative estimate of drug-likeness (QED) is 0.178. The van der Waals surface area contributed by atoms with E-state index in [1.165, 1.54) is 87.3 Å². The van der Waals surface area contributed by atoms with Gasteiger partial charge in [-0.25, -0.2) is 0 Å². The summed E-state index contributed by atoms with van der Waals surface area (Å²) < 4.78 is 0. The standard InChI is InChI=1S/C42H35N/c1-4-13-36(14-5-1)42(37-15-6-2-7-16-37)30-32-20-22-34(23-21-32)35-24-27-40(28-25-35)43(39-18-8-3-9-19-39)41-29-26-33-12-10-11-17-38(33)31-41/h1-9,13-16,18-31H,10-12,17H2. The van der Waals surface area contributed by atoms with Crippen molar-refractivity contribution in [3.8, 4) is 11.1 Å². The zero-order valence-corrected chi connectivity index (χ0v) is 24.4. The molecule has 1 nitrogen and oxygen atoms in total. The van der Waals surface area contributed by atoms with Crippen LogP contribution in [0.1, 0.15) is 40.7 Å². The van der Waals surface area contributed by atoms with Gasteiger partial charge in [0, 0.05) is 17.1 Å². The molecule has 0 bridgehead atoms. The Balaban J connectivity index is 1.18. The van der Waals surface area contributed by atoms with Gasteiger partial charge in [0.2, 0.25) is 0 Å². The van der Waals surface area contributed by atoms with Gasteiger partial charge in [-0.15, -0.1) is 0 Å². The summed E-state index contributed by atoms with van der Waals surface area (Å²) in [5.41, 5.74) is 13.8. The fourth-order valence-electron chi connectivity index (χ4n) is 6.19. The van der Waals surface area contributed by atoms with Crippen LogP contribution in [0, 0.1) is 0 Å². The summed E-state index contributed by atoms with van der Waals surface area (Å²) in [4.78, 5) is 2.38. The summed E-state index contributed by atoms with van der Waals surface area (Å²) in [6.45, 7) is 0. The smallest absolute Gasteiger partial charge is 0.0464 e. The van der Waals surface area contributed by atoms with Crippen molar-refractivity contribution in [3.63, 3.8) is 0 Å². The lowest BCUT2D eigenvalue weighted by Crippen LogP contribution is -2.11. The van der Waals surface area contributed by atoms with E-state index >= 15 is 0 Å². The molecule has 0 unspecified atom stereocenters. The van der Waals surface area contributed by atoms with Gasteiger partial charge in [0.1, 0.15) is 0 Å². The van der Waals surface area contributed by atoms with Crippen molar-refractivity contribution < 1.29 is 0 Å². The summed E-state index contributed by atoms with van der Waals surface area (Å²) in [5, 5.41) is 0. The van der Waals surface area contributed by atoms with Crippen LogP contribution in [0.25, 0.3) is 22.8 Å². The van der Waals surface area contributed by atoms with Gasteiger partial charge in [-0.2, -0.15) is 0 Å². The maximum Gasteiger partial charge on any atom is 0.0464 e. The first kappa shape index (κ1) is 26.7. The molecule has 0 radical (unpaired) electrons. The van der Waals surface area contributed by atoms with Crippen molar-refractivity contribution in [3.05, 3.63) is 186 Å². The van der Waals surface area contributed by atoms with Gasteiger partial charge in [0.15, 0.2) is 0 Å². The zero-order valence-electron chi connectivity index (χ0n) is 24.4. The van der Waals surface area contributed by atoms with Gasteiger partial charge in [-0.1, -0.05) is 121 Å². The number of hydrogen-bond donors (Lipinski definition) is 0. The van der Waals surface area contributed by atoms with Gasteiger partial charge >= 0.3 is 0 Å². The van der Waals surface area contributed by atoms with Crippen molar-refractivity contribution in [2.45, 2.75) is 25.7 Å². The minimum Gasteiger partial charge on any atom is -0.310 e. The first-order valence-corrected chi connectivity index (χ1v) is 15.3. The second kappa shape index (κ2) is 12.4. The summed E-state index contributed by atoms with van der Waals surface area (Å²) in [6, 6.07) is 56.9. The molecule has 7 rings (SSSR count). The second-order valence-electron chi connectivity index (χ2n) is 11.3. The Morgan fingerprint density at radius 3 is 1.53 bits per heavy atom. The number of fused-ring (bicyclic) bond motifs is 1. The monoisotopic (exact) mass is 553 g/mol. The molecule has 0 aliphatic heterocycles. The number of aryl methyl sites for hydroxylation is 2. The fourth-order valence-corrected chi connectivity index (χ4v) is 6.19. The van der Waals surface area contributed by atoms with E-state index in [2.05, 4.69) is 169 Å². The average Bonchev–Trinajstić information content (AvgIpc) is 3.09. The van der Waals surface area contributed by atoms with Crippen molar-refractivity contribution in [2.75, 3.05) is 4.90 Å². The van der Waals surface area contributed by atoms with Gasteiger partial charge in [-0.05, 0) is 113 Å². The lowest BCUT2D eigenvalue weighted by molar-refractivity contribution is 0.685. The van der Waals surface area contributed by atoms with Gasteiger partial charge in [0.05, 0.1) is 0 Å². The largest absolute Gasteiger partial charge is 0.310 e. The third kappa shape index (κ3) is 5.94. The molecule has 0 saturated heterocycles. The molecule has 0 saturated carbocycles. The average molecular weight is 554 g/mol. The van der Waals surface area contributed by atoms with E-state index in [9.17, 15) is 0 Å². The maximum atomic E-state index is 2.40. The van der Waals surface area contributed by atoms with Crippen LogP contribution in [0.3, 0.4) is 0 Å². The highest BCUT2D eigenvalue weighted by Gasteiger charge is 2.16. The summed E-state index contributed by atoms with van der Waals surface area (Å²) >= 11 is 0. The zero-order chi connectivity index (χ0) is 28.8. The molecule has 1 aliphatic rings. The molecule has 0 aromatic heterocycles. The van der Waals surface area contributed by atoms with E-state index in [4.69, 9.17) is 0 Å².